The smallest absolute Gasteiger partial charge is 0.270 e. The molecular formula is C19H14BrF4NO2. The first-order chi connectivity index (χ1) is 12.8. The summed E-state index contributed by atoms with van der Waals surface area (Å²) >= 11 is 3.07. The minimum Gasteiger partial charge on any atom is -0.477 e. The van der Waals surface area contributed by atoms with Crippen LogP contribution in [0.4, 0.5) is 17.6 Å². The van der Waals surface area contributed by atoms with E-state index in [1.165, 1.54) is 6.07 Å². The summed E-state index contributed by atoms with van der Waals surface area (Å²) in [6.45, 7) is -0.753. The van der Waals surface area contributed by atoms with Crippen LogP contribution in [0.25, 0.3) is 0 Å². The summed E-state index contributed by atoms with van der Waals surface area (Å²) in [6, 6.07) is 11.5. The van der Waals surface area contributed by atoms with Gasteiger partial charge in [-0.15, -0.1) is 0 Å². The predicted molar refractivity (Wildman–Crippen MR) is 95.5 cm³/mol. The average Bonchev–Trinajstić information content (AvgIpc) is 2.66. The van der Waals surface area contributed by atoms with Crippen molar-refractivity contribution in [2.75, 3.05) is 6.61 Å². The Morgan fingerprint density at radius 3 is 2.63 bits per heavy atom. The number of ether oxygens (including phenoxy) is 1. The van der Waals surface area contributed by atoms with Crippen molar-refractivity contribution in [3.8, 4) is 0 Å². The van der Waals surface area contributed by atoms with Gasteiger partial charge in [0.05, 0.1) is 6.42 Å². The largest absolute Gasteiger partial charge is 0.477 e. The molecule has 27 heavy (non-hydrogen) atoms. The lowest BCUT2D eigenvalue weighted by Gasteiger charge is -2.36. The zero-order chi connectivity index (χ0) is 19.6. The lowest BCUT2D eigenvalue weighted by Crippen LogP contribution is -2.49. The molecule has 0 aromatic heterocycles. The van der Waals surface area contributed by atoms with E-state index in [1.807, 2.05) is 0 Å². The van der Waals surface area contributed by atoms with Crippen LogP contribution in [0.1, 0.15) is 22.3 Å². The van der Waals surface area contributed by atoms with E-state index in [0.717, 1.165) is 12.1 Å². The van der Waals surface area contributed by atoms with Crippen molar-refractivity contribution in [2.24, 2.45) is 4.99 Å². The first-order valence-corrected chi connectivity index (χ1v) is 8.81. The fourth-order valence-corrected chi connectivity index (χ4v) is 3.26. The number of benzene rings is 2. The van der Waals surface area contributed by atoms with Crippen LogP contribution in [0.2, 0.25) is 0 Å². The fraction of sp³-hybridized carbons (Fsp3) is 0.263. The third-order valence-corrected chi connectivity index (χ3v) is 4.78. The molecule has 2 atom stereocenters. The molecule has 3 nitrogen and oxygen atoms in total. The van der Waals surface area contributed by atoms with E-state index in [2.05, 4.69) is 20.9 Å². The van der Waals surface area contributed by atoms with E-state index in [4.69, 9.17) is 4.74 Å². The maximum atomic E-state index is 14.6. The molecule has 2 aromatic carbocycles. The molecule has 2 aromatic rings. The van der Waals surface area contributed by atoms with Gasteiger partial charge in [-0.05, 0) is 18.2 Å². The Hall–Kier alpha value is -2.22. The van der Waals surface area contributed by atoms with Crippen LogP contribution in [0.15, 0.2) is 58.0 Å². The summed E-state index contributed by atoms with van der Waals surface area (Å²) < 4.78 is 62.2. The number of aliphatic imine (C=N–C) groups is 1. The van der Waals surface area contributed by atoms with E-state index in [1.54, 1.807) is 30.3 Å². The van der Waals surface area contributed by atoms with Gasteiger partial charge in [0, 0.05) is 15.6 Å². The van der Waals surface area contributed by atoms with Crippen LogP contribution >= 0.6 is 15.9 Å². The number of nitrogens with zero attached hydrogens (tertiary/aromatic N) is 1. The van der Waals surface area contributed by atoms with Crippen LogP contribution < -0.4 is 0 Å². The number of carbonyl (C=O) groups excluding carboxylic acids is 1. The highest BCUT2D eigenvalue weighted by atomic mass is 79.9. The van der Waals surface area contributed by atoms with Gasteiger partial charge in [0.1, 0.15) is 12.4 Å². The minimum absolute atomic E-state index is 0.301. The lowest BCUT2D eigenvalue weighted by atomic mass is 9.85. The minimum atomic E-state index is -3.35. The molecule has 1 aliphatic heterocycles. The Morgan fingerprint density at radius 2 is 1.96 bits per heavy atom. The molecule has 3 rings (SSSR count). The van der Waals surface area contributed by atoms with E-state index < -0.39 is 48.3 Å². The van der Waals surface area contributed by atoms with E-state index >= 15 is 0 Å². The second-order valence-corrected chi connectivity index (χ2v) is 6.92. The molecule has 0 fully saturated rings. The quantitative estimate of drug-likeness (QED) is 0.476. The number of halogens is 5. The maximum absolute atomic E-state index is 14.6. The van der Waals surface area contributed by atoms with Gasteiger partial charge in [0.15, 0.2) is 23.4 Å². The summed E-state index contributed by atoms with van der Waals surface area (Å²) in [5.74, 6) is -1.79. The van der Waals surface area contributed by atoms with Crippen LogP contribution in [0.5, 0.6) is 0 Å². The number of ketones is 1. The molecule has 8 heteroatoms. The third kappa shape index (κ3) is 3.76. The first-order valence-electron chi connectivity index (χ1n) is 8.02. The topological polar surface area (TPSA) is 38.7 Å². The van der Waals surface area contributed by atoms with Crippen molar-refractivity contribution in [1.82, 2.24) is 0 Å². The van der Waals surface area contributed by atoms with Crippen molar-refractivity contribution in [3.63, 3.8) is 0 Å². The van der Waals surface area contributed by atoms with Crippen LogP contribution in [-0.2, 0) is 10.3 Å². The van der Waals surface area contributed by atoms with Gasteiger partial charge in [-0.3, -0.25) is 4.79 Å². The summed E-state index contributed by atoms with van der Waals surface area (Å²) in [5, 5.41) is 0. The van der Waals surface area contributed by atoms with Gasteiger partial charge in [0.2, 0.25) is 0 Å². The van der Waals surface area contributed by atoms with E-state index in [-0.39, 0.29) is 5.90 Å². The molecule has 0 bridgehead atoms. The number of rotatable bonds is 5. The Labute approximate surface area is 161 Å². The van der Waals surface area contributed by atoms with Crippen molar-refractivity contribution in [1.29, 1.82) is 0 Å². The Morgan fingerprint density at radius 1 is 1.26 bits per heavy atom. The maximum Gasteiger partial charge on any atom is 0.270 e. The number of hydrogen-bond donors (Lipinski definition) is 0. The van der Waals surface area contributed by atoms with E-state index in [9.17, 15) is 22.4 Å². The van der Waals surface area contributed by atoms with Crippen molar-refractivity contribution in [3.05, 3.63) is 69.9 Å². The highest BCUT2D eigenvalue weighted by molar-refractivity contribution is 9.10. The SMILES string of the molecule is O=C(CC1=N[C@@](c2cc(Br)ccc2F)(C(F)F)[C@H](F)CO1)c1ccccc1. The van der Waals surface area contributed by atoms with Gasteiger partial charge < -0.3 is 4.74 Å². The molecule has 0 N–H and O–H groups in total. The molecule has 0 saturated heterocycles. The standard InChI is InChI=1S/C19H14BrF4NO2/c20-12-6-7-14(21)13(8-12)19(18(23)24)16(22)10-27-17(25-19)9-15(26)11-4-2-1-3-5-11/h1-8,16,18H,9-10H2/t16-,19-/m1/s1. The second-order valence-electron chi connectivity index (χ2n) is 6.00. The molecular weight excluding hydrogens is 430 g/mol. The van der Waals surface area contributed by atoms with Crippen molar-refractivity contribution < 1.29 is 27.1 Å². The fourth-order valence-electron chi connectivity index (χ4n) is 2.90. The molecule has 0 unspecified atom stereocenters. The predicted octanol–water partition coefficient (Wildman–Crippen LogP) is 5.09. The van der Waals surface area contributed by atoms with Crippen LogP contribution in [0, 0.1) is 5.82 Å². The zero-order valence-electron chi connectivity index (χ0n) is 13.8. The second kappa shape index (κ2) is 7.80. The molecule has 0 amide bonds. The number of alkyl halides is 3. The van der Waals surface area contributed by atoms with E-state index in [0.29, 0.717) is 10.0 Å². The molecule has 142 valence electrons. The van der Waals surface area contributed by atoms with Gasteiger partial charge in [-0.1, -0.05) is 46.3 Å². The van der Waals surface area contributed by atoms with Gasteiger partial charge in [-0.2, -0.15) is 0 Å². The monoisotopic (exact) mass is 443 g/mol. The molecule has 0 aliphatic carbocycles. The molecule has 1 aliphatic rings. The van der Waals surface area contributed by atoms with Crippen molar-refractivity contribution in [2.45, 2.75) is 24.6 Å². The summed E-state index contributed by atoms with van der Waals surface area (Å²) in [7, 11) is 0. The van der Waals surface area contributed by atoms with Gasteiger partial charge in [0.25, 0.3) is 6.43 Å². The normalized spacial score (nSPS) is 22.3. The highest BCUT2D eigenvalue weighted by Gasteiger charge is 2.54. The first kappa shape index (κ1) is 19.5. The Bertz CT molecular complexity index is 875. The number of Topliss-reactive ketones (excluding diaryl/α,β-unsaturated/α-hetero) is 1. The number of carbonyl (C=O) groups is 1. The average molecular weight is 444 g/mol. The number of hydrogen-bond acceptors (Lipinski definition) is 3. The molecule has 0 saturated carbocycles. The lowest BCUT2D eigenvalue weighted by molar-refractivity contribution is -0.0305. The zero-order valence-corrected chi connectivity index (χ0v) is 15.4. The van der Waals surface area contributed by atoms with Crippen LogP contribution in [0.3, 0.4) is 0 Å². The molecule has 1 heterocycles. The van der Waals surface area contributed by atoms with Crippen LogP contribution in [-0.4, -0.2) is 30.9 Å². The summed E-state index contributed by atoms with van der Waals surface area (Å²) in [5.41, 5.74) is -3.03. The molecule has 0 spiro atoms. The summed E-state index contributed by atoms with van der Waals surface area (Å²) in [6.07, 6.45) is -6.06. The van der Waals surface area contributed by atoms with Crippen molar-refractivity contribution >= 4 is 27.6 Å². The van der Waals surface area contributed by atoms with Gasteiger partial charge >= 0.3 is 0 Å². The third-order valence-electron chi connectivity index (χ3n) is 4.28. The van der Waals surface area contributed by atoms with Gasteiger partial charge in [-0.25, -0.2) is 22.6 Å². The Balaban J connectivity index is 2.03. The summed E-state index contributed by atoms with van der Waals surface area (Å²) in [4.78, 5) is 16.0. The Kier molecular flexibility index (Phi) is 5.64. The highest BCUT2D eigenvalue weighted by Crippen LogP contribution is 2.42. The molecule has 0 radical (unpaired) electrons.